The van der Waals surface area contributed by atoms with Gasteiger partial charge in [-0.25, -0.2) is 4.79 Å². The van der Waals surface area contributed by atoms with E-state index in [9.17, 15) is 9.59 Å². The monoisotopic (exact) mass is 363 g/mol. The van der Waals surface area contributed by atoms with Gasteiger partial charge in [0.25, 0.3) is 0 Å². The molecule has 0 N–H and O–H groups in total. The van der Waals surface area contributed by atoms with Crippen molar-refractivity contribution in [3.8, 4) is 0 Å². The Labute approximate surface area is 152 Å². The number of carbonyl (C=O) groups is 2. The molecule has 0 radical (unpaired) electrons. The molecule has 25 heavy (non-hydrogen) atoms. The molecule has 2 atom stereocenters. The van der Waals surface area contributed by atoms with E-state index in [1.807, 2.05) is 24.3 Å². The number of fused-ring (bicyclic) bond motifs is 1. The van der Waals surface area contributed by atoms with Crippen LogP contribution in [0.15, 0.2) is 24.3 Å². The highest BCUT2D eigenvalue weighted by atomic mass is 35.5. The summed E-state index contributed by atoms with van der Waals surface area (Å²) in [7, 11) is 1.36. The Hall–Kier alpha value is -1.59. The Balaban J connectivity index is 1.63. The maximum Gasteiger partial charge on any atom is 0.328 e. The van der Waals surface area contributed by atoms with Gasteiger partial charge in [-0.3, -0.25) is 4.79 Å². The van der Waals surface area contributed by atoms with Crippen molar-refractivity contribution in [3.05, 3.63) is 35.4 Å². The third-order valence-electron chi connectivity index (χ3n) is 6.07. The number of ether oxygens (including phenoxy) is 2. The Bertz CT molecular complexity index is 715. The summed E-state index contributed by atoms with van der Waals surface area (Å²) >= 11 is 6.81. The predicted molar refractivity (Wildman–Crippen MR) is 92.2 cm³/mol. The molecule has 4 rings (SSSR count). The molecule has 0 bridgehead atoms. The van der Waals surface area contributed by atoms with Crippen LogP contribution in [0.1, 0.15) is 30.4 Å². The lowest BCUT2D eigenvalue weighted by atomic mass is 9.90. The molecule has 5 nitrogen and oxygen atoms in total. The Morgan fingerprint density at radius 1 is 1.24 bits per heavy atom. The summed E-state index contributed by atoms with van der Waals surface area (Å²) in [6.07, 6.45) is 2.73. The van der Waals surface area contributed by atoms with Crippen molar-refractivity contribution in [3.63, 3.8) is 0 Å². The van der Waals surface area contributed by atoms with Gasteiger partial charge in [0.15, 0.2) is 0 Å². The number of methoxy groups -OCH3 is 1. The molecule has 2 heterocycles. The predicted octanol–water partition coefficient (Wildman–Crippen LogP) is 2.29. The van der Waals surface area contributed by atoms with Crippen molar-refractivity contribution in [2.75, 3.05) is 20.3 Å². The van der Waals surface area contributed by atoms with Crippen LogP contribution in [0.4, 0.5) is 0 Å². The second-order valence-electron chi connectivity index (χ2n) is 7.32. The van der Waals surface area contributed by atoms with Crippen LogP contribution >= 0.6 is 11.6 Å². The quantitative estimate of drug-likeness (QED) is 0.597. The zero-order chi connectivity index (χ0) is 17.7. The zero-order valence-electron chi connectivity index (χ0n) is 14.3. The fraction of sp³-hybridized carbons (Fsp3) is 0.579. The number of halogens is 1. The van der Waals surface area contributed by atoms with Gasteiger partial charge >= 0.3 is 5.97 Å². The van der Waals surface area contributed by atoms with Gasteiger partial charge in [0.1, 0.15) is 10.9 Å². The van der Waals surface area contributed by atoms with Crippen molar-refractivity contribution in [2.45, 2.75) is 43.1 Å². The number of hydrogen-bond acceptors (Lipinski definition) is 4. The van der Waals surface area contributed by atoms with Crippen LogP contribution in [0, 0.1) is 5.41 Å². The number of amides is 1. The smallest absolute Gasteiger partial charge is 0.328 e. The molecule has 0 aromatic heterocycles. The first kappa shape index (κ1) is 16.9. The summed E-state index contributed by atoms with van der Waals surface area (Å²) in [6, 6.07) is 7.29. The molecule has 3 aliphatic rings. The molecule has 2 unspecified atom stereocenters. The molecule has 6 heteroatoms. The van der Waals surface area contributed by atoms with E-state index in [0.717, 1.165) is 24.0 Å². The average molecular weight is 364 g/mol. The summed E-state index contributed by atoms with van der Waals surface area (Å²) < 4.78 is 10.4. The lowest BCUT2D eigenvalue weighted by Crippen LogP contribution is -2.53. The van der Waals surface area contributed by atoms with E-state index in [4.69, 9.17) is 21.1 Å². The molecule has 1 aromatic rings. The number of nitrogens with zero attached hydrogens (tertiary/aromatic N) is 1. The molecule has 2 aliphatic heterocycles. The lowest BCUT2D eigenvalue weighted by Gasteiger charge is -2.37. The van der Waals surface area contributed by atoms with Gasteiger partial charge in [-0.05, 0) is 30.4 Å². The number of carbonyl (C=O) groups excluding carboxylic acids is 2. The van der Waals surface area contributed by atoms with E-state index in [-0.39, 0.29) is 17.3 Å². The van der Waals surface area contributed by atoms with Gasteiger partial charge < -0.3 is 14.4 Å². The Morgan fingerprint density at radius 2 is 1.92 bits per heavy atom. The third-order valence-corrected chi connectivity index (χ3v) is 6.77. The highest BCUT2D eigenvalue weighted by molar-refractivity contribution is 6.38. The van der Waals surface area contributed by atoms with Crippen molar-refractivity contribution in [2.24, 2.45) is 5.41 Å². The van der Waals surface area contributed by atoms with E-state index < -0.39 is 10.9 Å². The molecule has 1 amide bonds. The fourth-order valence-corrected chi connectivity index (χ4v) is 4.92. The minimum absolute atomic E-state index is 0.138. The van der Waals surface area contributed by atoms with Crippen LogP contribution in [0.3, 0.4) is 0 Å². The van der Waals surface area contributed by atoms with Gasteiger partial charge in [-0.2, -0.15) is 0 Å². The molecular weight excluding hydrogens is 342 g/mol. The molecular formula is C19H22ClNO4. The van der Waals surface area contributed by atoms with E-state index in [1.54, 1.807) is 4.90 Å². The highest BCUT2D eigenvalue weighted by Gasteiger charge is 2.72. The molecule has 1 aliphatic carbocycles. The van der Waals surface area contributed by atoms with E-state index in [0.29, 0.717) is 32.6 Å². The van der Waals surface area contributed by atoms with Crippen molar-refractivity contribution >= 4 is 23.5 Å². The molecule has 1 spiro atoms. The molecule has 1 saturated heterocycles. The maximum atomic E-state index is 13.3. The normalized spacial score (nSPS) is 29.8. The zero-order valence-corrected chi connectivity index (χ0v) is 15.1. The first-order valence-corrected chi connectivity index (χ1v) is 9.11. The third kappa shape index (κ3) is 2.56. The van der Waals surface area contributed by atoms with E-state index >= 15 is 0 Å². The van der Waals surface area contributed by atoms with Crippen LogP contribution in [0.25, 0.3) is 0 Å². The molecule has 2 fully saturated rings. The number of hydrogen-bond donors (Lipinski definition) is 0. The van der Waals surface area contributed by atoms with E-state index in [1.165, 1.54) is 7.11 Å². The van der Waals surface area contributed by atoms with Crippen molar-refractivity contribution in [1.29, 1.82) is 0 Å². The number of alkyl halides is 1. The maximum absolute atomic E-state index is 13.3. The summed E-state index contributed by atoms with van der Waals surface area (Å²) in [5.74, 6) is -0.522. The highest BCUT2D eigenvalue weighted by Crippen LogP contribution is 2.67. The van der Waals surface area contributed by atoms with Crippen LogP contribution in [-0.2, 0) is 32.0 Å². The van der Waals surface area contributed by atoms with E-state index in [2.05, 4.69) is 0 Å². The van der Waals surface area contributed by atoms with Crippen molar-refractivity contribution in [1.82, 2.24) is 4.90 Å². The van der Waals surface area contributed by atoms with Crippen LogP contribution < -0.4 is 0 Å². The van der Waals surface area contributed by atoms with Gasteiger partial charge in [0, 0.05) is 31.6 Å². The SMILES string of the molecule is COC(=O)C1Cc2ccccc2CN1C(=O)C1(Cl)CC12CCOCC2. The first-order valence-electron chi connectivity index (χ1n) is 8.73. The van der Waals surface area contributed by atoms with Crippen LogP contribution in [0.5, 0.6) is 0 Å². The summed E-state index contributed by atoms with van der Waals surface area (Å²) in [5, 5.41) is 0. The summed E-state index contributed by atoms with van der Waals surface area (Å²) in [5.41, 5.74) is 1.97. The second kappa shape index (κ2) is 5.99. The number of esters is 1. The Kier molecular flexibility index (Phi) is 4.04. The second-order valence-corrected chi connectivity index (χ2v) is 7.96. The average Bonchev–Trinajstić information content (AvgIpc) is 3.23. The van der Waals surface area contributed by atoms with Gasteiger partial charge in [0.2, 0.25) is 5.91 Å². The molecule has 1 saturated carbocycles. The largest absolute Gasteiger partial charge is 0.467 e. The van der Waals surface area contributed by atoms with Crippen molar-refractivity contribution < 1.29 is 19.1 Å². The Morgan fingerprint density at radius 3 is 2.60 bits per heavy atom. The van der Waals surface area contributed by atoms with Crippen LogP contribution in [0.2, 0.25) is 0 Å². The number of benzene rings is 1. The summed E-state index contributed by atoms with van der Waals surface area (Å²) in [6.45, 7) is 1.69. The molecule has 1 aromatic carbocycles. The van der Waals surface area contributed by atoms with Gasteiger partial charge in [-0.1, -0.05) is 24.3 Å². The summed E-state index contributed by atoms with van der Waals surface area (Å²) in [4.78, 5) is 26.4. The minimum atomic E-state index is -0.907. The fourth-order valence-electron chi connectivity index (χ4n) is 4.37. The number of rotatable bonds is 2. The topological polar surface area (TPSA) is 55.8 Å². The van der Waals surface area contributed by atoms with Gasteiger partial charge in [0.05, 0.1) is 7.11 Å². The van der Waals surface area contributed by atoms with Gasteiger partial charge in [-0.15, -0.1) is 11.6 Å². The molecule has 134 valence electrons. The first-order chi connectivity index (χ1) is 12.0. The van der Waals surface area contributed by atoms with Crippen LogP contribution in [-0.4, -0.2) is 48.0 Å². The minimum Gasteiger partial charge on any atom is -0.467 e. The standard InChI is InChI=1S/C19H22ClNO4/c1-24-16(22)15-10-13-4-2-3-5-14(13)11-21(15)17(23)19(20)12-18(19)6-8-25-9-7-18/h2-5,15H,6-12H2,1H3. The lowest BCUT2D eigenvalue weighted by molar-refractivity contribution is -0.154.